The Morgan fingerprint density at radius 1 is 0.968 bits per heavy atom. The summed E-state index contributed by atoms with van der Waals surface area (Å²) in [6.07, 6.45) is 2.19. The van der Waals surface area contributed by atoms with Gasteiger partial charge in [-0.3, -0.25) is 9.69 Å². The third-order valence-electron chi connectivity index (χ3n) is 6.61. The van der Waals surface area contributed by atoms with E-state index in [0.29, 0.717) is 32.6 Å². The fourth-order valence-electron chi connectivity index (χ4n) is 4.68. The van der Waals surface area contributed by atoms with Crippen LogP contribution in [0.15, 0.2) is 54.6 Å². The van der Waals surface area contributed by atoms with Crippen LogP contribution in [0.4, 0.5) is 10.1 Å². The summed E-state index contributed by atoms with van der Waals surface area (Å²) in [4.78, 5) is 18.1. The summed E-state index contributed by atoms with van der Waals surface area (Å²) in [5, 5.41) is 3.16. The van der Waals surface area contributed by atoms with Crippen LogP contribution in [-0.2, 0) is 14.9 Å². The van der Waals surface area contributed by atoms with Crippen molar-refractivity contribution in [3.63, 3.8) is 0 Å². The number of halogens is 1. The normalized spacial score (nSPS) is 19.2. The molecule has 0 radical (unpaired) electrons. The zero-order valence-corrected chi connectivity index (χ0v) is 18.1. The largest absolute Gasteiger partial charge is 0.381 e. The van der Waals surface area contributed by atoms with Gasteiger partial charge in [0.2, 0.25) is 5.91 Å². The molecular formula is C25H32FN3O2. The molecule has 2 aliphatic heterocycles. The maximum atomic E-state index is 13.4. The van der Waals surface area contributed by atoms with Crippen LogP contribution in [0.25, 0.3) is 0 Å². The number of para-hydroxylation sites is 1. The average Bonchev–Trinajstić information content (AvgIpc) is 2.83. The van der Waals surface area contributed by atoms with Crippen molar-refractivity contribution in [3.8, 4) is 0 Å². The van der Waals surface area contributed by atoms with E-state index in [1.54, 1.807) is 12.1 Å². The van der Waals surface area contributed by atoms with Gasteiger partial charge in [0, 0.05) is 51.6 Å². The fourth-order valence-corrected chi connectivity index (χ4v) is 4.68. The van der Waals surface area contributed by atoms with Gasteiger partial charge in [0.05, 0.1) is 5.41 Å². The number of ether oxygens (including phenoxy) is 1. The topological polar surface area (TPSA) is 44.8 Å². The highest BCUT2D eigenvalue weighted by Crippen LogP contribution is 2.35. The summed E-state index contributed by atoms with van der Waals surface area (Å²) in [6, 6.07) is 16.9. The molecular weight excluding hydrogens is 393 g/mol. The van der Waals surface area contributed by atoms with E-state index in [9.17, 15) is 9.18 Å². The lowest BCUT2D eigenvalue weighted by Gasteiger charge is -2.37. The molecule has 1 amide bonds. The summed E-state index contributed by atoms with van der Waals surface area (Å²) in [7, 11) is 0. The Hall–Kier alpha value is -2.44. The molecule has 2 heterocycles. The Labute approximate surface area is 184 Å². The van der Waals surface area contributed by atoms with Gasteiger partial charge in [-0.15, -0.1) is 0 Å². The Morgan fingerprint density at radius 3 is 2.32 bits per heavy atom. The third-order valence-corrected chi connectivity index (χ3v) is 6.61. The molecule has 6 heteroatoms. The van der Waals surface area contributed by atoms with Crippen LogP contribution in [0.2, 0.25) is 0 Å². The van der Waals surface area contributed by atoms with Crippen LogP contribution in [0.5, 0.6) is 0 Å². The van der Waals surface area contributed by atoms with E-state index < -0.39 is 5.41 Å². The molecule has 4 rings (SSSR count). The van der Waals surface area contributed by atoms with Crippen LogP contribution >= 0.6 is 0 Å². The second-order valence-electron chi connectivity index (χ2n) is 8.48. The molecule has 0 bridgehead atoms. The molecule has 0 aliphatic carbocycles. The Morgan fingerprint density at radius 2 is 1.65 bits per heavy atom. The van der Waals surface area contributed by atoms with Crippen LogP contribution in [0.3, 0.4) is 0 Å². The van der Waals surface area contributed by atoms with Gasteiger partial charge in [0.1, 0.15) is 5.82 Å². The number of amides is 1. The second-order valence-corrected chi connectivity index (χ2v) is 8.48. The quantitative estimate of drug-likeness (QED) is 0.692. The predicted molar refractivity (Wildman–Crippen MR) is 121 cm³/mol. The highest BCUT2D eigenvalue weighted by molar-refractivity contribution is 5.88. The summed E-state index contributed by atoms with van der Waals surface area (Å²) in [6.45, 7) is 6.89. The highest BCUT2D eigenvalue weighted by Gasteiger charge is 2.41. The molecule has 0 aromatic heterocycles. The summed E-state index contributed by atoms with van der Waals surface area (Å²) >= 11 is 0. The molecule has 2 fully saturated rings. The molecule has 2 saturated heterocycles. The van der Waals surface area contributed by atoms with Crippen molar-refractivity contribution in [1.29, 1.82) is 0 Å². The van der Waals surface area contributed by atoms with E-state index in [1.807, 2.05) is 0 Å². The van der Waals surface area contributed by atoms with Gasteiger partial charge in [0.15, 0.2) is 0 Å². The minimum absolute atomic E-state index is 0.0382. The van der Waals surface area contributed by atoms with Gasteiger partial charge < -0.3 is 15.0 Å². The molecule has 5 nitrogen and oxygen atoms in total. The van der Waals surface area contributed by atoms with E-state index in [-0.39, 0.29) is 11.7 Å². The molecule has 31 heavy (non-hydrogen) atoms. The number of carbonyl (C=O) groups excluding carboxylic acids is 1. The molecule has 0 spiro atoms. The number of hydrogen-bond donors (Lipinski definition) is 1. The maximum Gasteiger partial charge on any atom is 0.230 e. The summed E-state index contributed by atoms with van der Waals surface area (Å²) < 4.78 is 18.9. The Bertz CT molecular complexity index is 830. The molecule has 2 aliphatic rings. The lowest BCUT2D eigenvalue weighted by molar-refractivity contribution is -0.130. The number of nitrogens with zero attached hydrogens (tertiary/aromatic N) is 2. The van der Waals surface area contributed by atoms with Gasteiger partial charge in [-0.25, -0.2) is 4.39 Å². The first-order valence-corrected chi connectivity index (χ1v) is 11.3. The number of rotatable bonds is 7. The first-order chi connectivity index (χ1) is 15.2. The van der Waals surface area contributed by atoms with Crippen LogP contribution in [0, 0.1) is 5.82 Å². The molecule has 0 unspecified atom stereocenters. The van der Waals surface area contributed by atoms with E-state index in [0.717, 1.165) is 44.7 Å². The molecule has 0 atom stereocenters. The van der Waals surface area contributed by atoms with Gasteiger partial charge >= 0.3 is 0 Å². The Balaban J connectivity index is 1.24. The number of nitrogens with one attached hydrogen (secondary N) is 1. The van der Waals surface area contributed by atoms with Crippen molar-refractivity contribution in [2.75, 3.05) is 57.4 Å². The lowest BCUT2D eigenvalue weighted by atomic mass is 9.73. The van der Waals surface area contributed by atoms with E-state index in [1.165, 1.54) is 17.8 Å². The second kappa shape index (κ2) is 10.2. The highest BCUT2D eigenvalue weighted by atomic mass is 19.1. The average molecular weight is 426 g/mol. The van der Waals surface area contributed by atoms with Crippen LogP contribution in [-0.4, -0.2) is 63.3 Å². The molecule has 2 aromatic carbocycles. The maximum absolute atomic E-state index is 13.4. The molecule has 1 N–H and O–H groups in total. The number of hydrogen-bond acceptors (Lipinski definition) is 4. The van der Waals surface area contributed by atoms with Crippen molar-refractivity contribution in [3.05, 3.63) is 66.0 Å². The van der Waals surface area contributed by atoms with Crippen LogP contribution in [0.1, 0.15) is 24.8 Å². The number of anilines is 1. The minimum Gasteiger partial charge on any atom is -0.381 e. The SMILES string of the molecule is O=C(NCCCN1CCN(c2ccccc2)CC1)C1(c2ccc(F)cc2)CCOCC1. The van der Waals surface area contributed by atoms with Crippen LogP contribution < -0.4 is 10.2 Å². The van der Waals surface area contributed by atoms with Crippen molar-refractivity contribution in [2.45, 2.75) is 24.7 Å². The van der Waals surface area contributed by atoms with Gasteiger partial charge in [-0.2, -0.15) is 0 Å². The molecule has 2 aromatic rings. The zero-order chi connectivity index (χ0) is 21.5. The third kappa shape index (κ3) is 5.25. The first kappa shape index (κ1) is 21.8. The van der Waals surface area contributed by atoms with Gasteiger partial charge in [0.25, 0.3) is 0 Å². The zero-order valence-electron chi connectivity index (χ0n) is 18.1. The molecule has 166 valence electrons. The smallest absolute Gasteiger partial charge is 0.230 e. The van der Waals surface area contributed by atoms with E-state index in [2.05, 4.69) is 45.4 Å². The number of carbonyl (C=O) groups is 1. The fraction of sp³-hybridized carbons (Fsp3) is 0.480. The standard InChI is InChI=1S/C25H32FN3O2/c26-22-9-7-21(8-10-22)25(11-19-31-20-12-25)24(30)27-13-4-14-28-15-17-29(18-16-28)23-5-2-1-3-6-23/h1-3,5-10H,4,11-20H2,(H,27,30). The van der Waals surface area contributed by atoms with Crippen molar-refractivity contribution in [1.82, 2.24) is 10.2 Å². The minimum atomic E-state index is -0.618. The van der Waals surface area contributed by atoms with Gasteiger partial charge in [-0.05, 0) is 55.6 Å². The van der Waals surface area contributed by atoms with Crippen molar-refractivity contribution in [2.24, 2.45) is 0 Å². The summed E-state index contributed by atoms with van der Waals surface area (Å²) in [5.74, 6) is -0.241. The first-order valence-electron chi connectivity index (χ1n) is 11.3. The van der Waals surface area contributed by atoms with E-state index >= 15 is 0 Å². The van der Waals surface area contributed by atoms with E-state index in [4.69, 9.17) is 4.74 Å². The number of piperazine rings is 1. The lowest BCUT2D eigenvalue weighted by Crippen LogP contribution is -2.49. The monoisotopic (exact) mass is 425 g/mol. The van der Waals surface area contributed by atoms with Crippen molar-refractivity contribution < 1.29 is 13.9 Å². The van der Waals surface area contributed by atoms with Gasteiger partial charge in [-0.1, -0.05) is 30.3 Å². The summed E-state index contributed by atoms with van der Waals surface area (Å²) in [5.41, 5.74) is 1.55. The molecule has 0 saturated carbocycles. The Kier molecular flexibility index (Phi) is 7.20. The number of benzene rings is 2. The predicted octanol–water partition coefficient (Wildman–Crippen LogP) is 3.20. The van der Waals surface area contributed by atoms with Crippen molar-refractivity contribution >= 4 is 11.6 Å².